The van der Waals surface area contributed by atoms with Crippen LogP contribution in [0.25, 0.3) is 11.0 Å². The molecule has 4 rings (SSSR count). The fraction of sp³-hybridized carbons (Fsp3) is 0.438. The molecule has 1 aromatic carbocycles. The standard InChI is InChI=1S/C16H17NO4S/c1-22(19,20)13-9-11-8-10-4-2-6-17-7-3-5-12(14(10)17)15(11)21-16(13)18/h8-9H,2-7H2,1H3. The Hall–Kier alpha value is -1.82. The summed E-state index contributed by atoms with van der Waals surface area (Å²) in [5, 5.41) is 0.720. The Balaban J connectivity index is 2.09. The van der Waals surface area contributed by atoms with E-state index in [2.05, 4.69) is 4.90 Å². The number of nitrogens with zero attached hydrogens (tertiary/aromatic N) is 1. The van der Waals surface area contributed by atoms with Crippen molar-refractivity contribution in [3.63, 3.8) is 0 Å². The van der Waals surface area contributed by atoms with Gasteiger partial charge in [0.2, 0.25) is 0 Å². The Morgan fingerprint density at radius 3 is 2.59 bits per heavy atom. The van der Waals surface area contributed by atoms with Gasteiger partial charge in [0.05, 0.1) is 0 Å². The number of hydrogen-bond acceptors (Lipinski definition) is 5. The van der Waals surface area contributed by atoms with Crippen LogP contribution < -0.4 is 10.5 Å². The quantitative estimate of drug-likeness (QED) is 0.751. The van der Waals surface area contributed by atoms with Gasteiger partial charge in [-0.05, 0) is 43.4 Å². The van der Waals surface area contributed by atoms with Crippen LogP contribution in [0.15, 0.2) is 26.2 Å². The molecule has 2 aliphatic rings. The highest BCUT2D eigenvalue weighted by Gasteiger charge is 2.27. The van der Waals surface area contributed by atoms with Gasteiger partial charge in [0, 0.05) is 36.0 Å². The summed E-state index contributed by atoms with van der Waals surface area (Å²) < 4.78 is 28.9. The van der Waals surface area contributed by atoms with Crippen molar-refractivity contribution in [2.75, 3.05) is 24.2 Å². The predicted molar refractivity (Wildman–Crippen MR) is 84.4 cm³/mol. The number of hydrogen-bond donors (Lipinski definition) is 0. The second kappa shape index (κ2) is 4.59. The highest BCUT2D eigenvalue weighted by Crippen LogP contribution is 2.39. The topological polar surface area (TPSA) is 67.6 Å². The number of fused-ring (bicyclic) bond motifs is 2. The number of aryl methyl sites for hydroxylation is 2. The van der Waals surface area contributed by atoms with E-state index in [0.29, 0.717) is 5.58 Å². The van der Waals surface area contributed by atoms with Gasteiger partial charge in [0.1, 0.15) is 5.58 Å². The fourth-order valence-electron chi connectivity index (χ4n) is 3.69. The van der Waals surface area contributed by atoms with Crippen LogP contribution in [0, 0.1) is 0 Å². The summed E-state index contributed by atoms with van der Waals surface area (Å²) in [5.41, 5.74) is 3.31. The van der Waals surface area contributed by atoms with E-state index < -0.39 is 15.5 Å². The molecule has 5 nitrogen and oxygen atoms in total. The highest BCUT2D eigenvalue weighted by molar-refractivity contribution is 7.90. The van der Waals surface area contributed by atoms with Crippen LogP contribution in [0.4, 0.5) is 5.69 Å². The average molecular weight is 319 g/mol. The van der Waals surface area contributed by atoms with Gasteiger partial charge in [-0.1, -0.05) is 0 Å². The number of sulfone groups is 1. The van der Waals surface area contributed by atoms with Crippen molar-refractivity contribution in [3.8, 4) is 0 Å². The molecule has 6 heteroatoms. The molecule has 0 spiro atoms. The van der Waals surface area contributed by atoms with Crippen molar-refractivity contribution in [1.82, 2.24) is 0 Å². The minimum absolute atomic E-state index is 0.254. The van der Waals surface area contributed by atoms with Crippen molar-refractivity contribution in [2.24, 2.45) is 0 Å². The van der Waals surface area contributed by atoms with E-state index in [-0.39, 0.29) is 4.90 Å². The fourth-order valence-corrected chi connectivity index (χ4v) is 4.37. The summed E-state index contributed by atoms with van der Waals surface area (Å²) in [7, 11) is -3.58. The first-order valence-electron chi connectivity index (χ1n) is 7.53. The lowest BCUT2D eigenvalue weighted by Gasteiger charge is -2.37. The summed E-state index contributed by atoms with van der Waals surface area (Å²) in [6, 6.07) is 3.46. The molecule has 0 aliphatic carbocycles. The Morgan fingerprint density at radius 2 is 1.86 bits per heavy atom. The Bertz CT molecular complexity index is 941. The lowest BCUT2D eigenvalue weighted by atomic mass is 9.90. The van der Waals surface area contributed by atoms with Crippen molar-refractivity contribution >= 4 is 26.5 Å². The summed E-state index contributed by atoms with van der Waals surface area (Å²) >= 11 is 0. The van der Waals surface area contributed by atoms with E-state index in [4.69, 9.17) is 4.42 Å². The molecule has 116 valence electrons. The number of benzene rings is 1. The van der Waals surface area contributed by atoms with Gasteiger partial charge < -0.3 is 9.32 Å². The second-order valence-electron chi connectivity index (χ2n) is 6.15. The molecule has 0 radical (unpaired) electrons. The van der Waals surface area contributed by atoms with Crippen molar-refractivity contribution < 1.29 is 12.8 Å². The van der Waals surface area contributed by atoms with Gasteiger partial charge in [-0.15, -0.1) is 0 Å². The minimum Gasteiger partial charge on any atom is -0.421 e. The number of rotatable bonds is 1. The van der Waals surface area contributed by atoms with E-state index in [1.54, 1.807) is 0 Å². The number of anilines is 1. The molecular weight excluding hydrogens is 302 g/mol. The Labute approximate surface area is 128 Å². The van der Waals surface area contributed by atoms with Crippen LogP contribution in [0.5, 0.6) is 0 Å². The van der Waals surface area contributed by atoms with Crippen LogP contribution in [0.3, 0.4) is 0 Å². The molecular formula is C16H17NO4S. The van der Waals surface area contributed by atoms with Crippen LogP contribution in [0.1, 0.15) is 24.0 Å². The average Bonchev–Trinajstić information content (AvgIpc) is 2.47. The third kappa shape index (κ3) is 1.97. The zero-order valence-electron chi connectivity index (χ0n) is 12.4. The summed E-state index contributed by atoms with van der Waals surface area (Å²) in [4.78, 5) is 14.2. The maximum Gasteiger partial charge on any atom is 0.355 e. The molecule has 0 saturated carbocycles. The molecule has 1 aromatic heterocycles. The van der Waals surface area contributed by atoms with Gasteiger partial charge in [0.25, 0.3) is 0 Å². The maximum absolute atomic E-state index is 12.1. The van der Waals surface area contributed by atoms with Crippen molar-refractivity contribution in [1.29, 1.82) is 0 Å². The van der Waals surface area contributed by atoms with Crippen molar-refractivity contribution in [3.05, 3.63) is 33.7 Å². The molecule has 2 aliphatic heterocycles. The normalized spacial score (nSPS) is 17.6. The van der Waals surface area contributed by atoms with E-state index in [1.165, 1.54) is 17.3 Å². The molecule has 2 aromatic rings. The molecule has 0 saturated heterocycles. The van der Waals surface area contributed by atoms with Gasteiger partial charge in [-0.25, -0.2) is 13.2 Å². The smallest absolute Gasteiger partial charge is 0.355 e. The highest BCUT2D eigenvalue weighted by atomic mass is 32.2. The maximum atomic E-state index is 12.1. The van der Waals surface area contributed by atoms with Gasteiger partial charge in [-0.3, -0.25) is 0 Å². The van der Waals surface area contributed by atoms with E-state index in [1.807, 2.05) is 6.07 Å². The third-order valence-corrected chi connectivity index (χ3v) is 5.67. The van der Waals surface area contributed by atoms with Gasteiger partial charge in [0.15, 0.2) is 14.7 Å². The predicted octanol–water partition coefficient (Wildman–Crippen LogP) is 1.90. The molecule has 0 fully saturated rings. The molecule has 3 heterocycles. The lowest BCUT2D eigenvalue weighted by molar-refractivity contribution is 0.526. The first-order valence-corrected chi connectivity index (χ1v) is 9.42. The zero-order valence-corrected chi connectivity index (χ0v) is 13.2. The molecule has 0 bridgehead atoms. The molecule has 0 unspecified atom stereocenters. The van der Waals surface area contributed by atoms with Crippen molar-refractivity contribution in [2.45, 2.75) is 30.6 Å². The molecule has 0 atom stereocenters. The summed E-state index contributed by atoms with van der Waals surface area (Å²) in [5.74, 6) is 0. The minimum atomic E-state index is -3.58. The SMILES string of the molecule is CS(=O)(=O)c1cc2cc3c4c(c2oc1=O)CCCN4CCC3. The largest absolute Gasteiger partial charge is 0.421 e. The lowest BCUT2D eigenvalue weighted by Crippen LogP contribution is -2.34. The molecule has 0 N–H and O–H groups in total. The van der Waals surface area contributed by atoms with Crippen LogP contribution in [-0.2, 0) is 22.7 Å². The Morgan fingerprint density at radius 1 is 1.14 bits per heavy atom. The summed E-state index contributed by atoms with van der Waals surface area (Å²) in [6.45, 7) is 2.08. The van der Waals surface area contributed by atoms with Gasteiger partial charge in [-0.2, -0.15) is 0 Å². The van der Waals surface area contributed by atoms with E-state index in [0.717, 1.165) is 56.0 Å². The van der Waals surface area contributed by atoms with Crippen LogP contribution in [-0.4, -0.2) is 27.8 Å². The third-order valence-electron chi connectivity index (χ3n) is 4.58. The zero-order chi connectivity index (χ0) is 15.5. The first-order chi connectivity index (χ1) is 10.4. The summed E-state index contributed by atoms with van der Waals surface area (Å²) in [6.07, 6.45) is 5.03. The van der Waals surface area contributed by atoms with E-state index in [9.17, 15) is 13.2 Å². The molecule has 0 amide bonds. The van der Waals surface area contributed by atoms with Crippen LogP contribution in [0.2, 0.25) is 0 Å². The molecule has 22 heavy (non-hydrogen) atoms. The van der Waals surface area contributed by atoms with Crippen LogP contribution >= 0.6 is 0 Å². The Kier molecular flexibility index (Phi) is 2.88. The van der Waals surface area contributed by atoms with E-state index >= 15 is 0 Å². The second-order valence-corrected chi connectivity index (χ2v) is 8.13. The first kappa shape index (κ1) is 13.8. The monoisotopic (exact) mass is 319 g/mol. The van der Waals surface area contributed by atoms with Gasteiger partial charge >= 0.3 is 5.63 Å².